The summed E-state index contributed by atoms with van der Waals surface area (Å²) in [5, 5.41) is -0.624. The Balaban J connectivity index is 3.91. The second-order valence-electron chi connectivity index (χ2n) is 4.44. The number of benzene rings is 1. The molecule has 0 N–H and O–H groups in total. The van der Waals surface area contributed by atoms with Crippen LogP contribution in [-0.4, -0.2) is 31.2 Å². The first kappa shape index (κ1) is 20.4. The molecule has 0 spiro atoms. The smallest absolute Gasteiger partial charge is 0.254 e. The normalized spacial score (nSPS) is 10.4. The lowest BCUT2D eigenvalue weighted by Gasteiger charge is -2.27. The molecule has 1 rings (SSSR count). The fourth-order valence-electron chi connectivity index (χ4n) is 1.71. The predicted molar refractivity (Wildman–Crippen MR) is 113 cm³/mol. The second kappa shape index (κ2) is 7.92. The van der Waals surface area contributed by atoms with Crippen LogP contribution in [0.4, 0.5) is 11.4 Å². The summed E-state index contributed by atoms with van der Waals surface area (Å²) in [5.41, 5.74) is 1.44. The van der Waals surface area contributed by atoms with Gasteiger partial charge < -0.3 is 9.80 Å². The van der Waals surface area contributed by atoms with Gasteiger partial charge in [0.1, 0.15) is 0 Å². The monoisotopic (exact) mass is 660 g/mol. The van der Waals surface area contributed by atoms with Crippen LogP contribution in [0.1, 0.15) is 24.2 Å². The number of carbonyl (C=O) groups excluding carboxylic acids is 3. The van der Waals surface area contributed by atoms with Crippen LogP contribution in [0.5, 0.6) is 0 Å². The highest BCUT2D eigenvalue weighted by atomic mass is 127. The number of rotatable bonds is 3. The summed E-state index contributed by atoms with van der Waals surface area (Å²) in [6.45, 7) is 2.86. The summed E-state index contributed by atoms with van der Waals surface area (Å²) < 4.78 is 1.89. The quantitative estimate of drug-likeness (QED) is 0.366. The molecule has 0 aliphatic carbocycles. The third kappa shape index (κ3) is 3.86. The summed E-state index contributed by atoms with van der Waals surface area (Å²) in [6, 6.07) is 0. The first-order chi connectivity index (χ1) is 10.0. The van der Waals surface area contributed by atoms with E-state index in [0.29, 0.717) is 27.6 Å². The van der Waals surface area contributed by atoms with Gasteiger partial charge in [-0.2, -0.15) is 0 Å². The third-order valence-corrected chi connectivity index (χ3v) is 6.39. The lowest BCUT2D eigenvalue weighted by Crippen LogP contribution is -2.30. The highest BCUT2D eigenvalue weighted by molar-refractivity contribution is 14.1. The van der Waals surface area contributed by atoms with Gasteiger partial charge in [-0.3, -0.25) is 14.4 Å². The van der Waals surface area contributed by atoms with E-state index in [2.05, 4.69) is 22.6 Å². The topological polar surface area (TPSA) is 57.7 Å². The first-order valence-electron chi connectivity index (χ1n) is 5.91. The molecule has 5 nitrogen and oxygen atoms in total. The fourth-order valence-corrected chi connectivity index (χ4v) is 7.33. The number of amides is 2. The lowest BCUT2D eigenvalue weighted by molar-refractivity contribution is -0.117. The van der Waals surface area contributed by atoms with Crippen LogP contribution < -0.4 is 9.80 Å². The van der Waals surface area contributed by atoms with E-state index in [4.69, 9.17) is 11.6 Å². The minimum Gasteiger partial charge on any atom is -0.314 e. The van der Waals surface area contributed by atoms with Gasteiger partial charge >= 0.3 is 0 Å². The number of nitrogens with zero attached hydrogens (tertiary/aromatic N) is 2. The molecule has 120 valence electrons. The van der Waals surface area contributed by atoms with Gasteiger partial charge in [-0.15, -0.1) is 0 Å². The van der Waals surface area contributed by atoms with Crippen molar-refractivity contribution < 1.29 is 14.4 Å². The van der Waals surface area contributed by atoms with Crippen molar-refractivity contribution in [3.63, 3.8) is 0 Å². The van der Waals surface area contributed by atoms with Crippen molar-refractivity contribution in [2.24, 2.45) is 0 Å². The molecule has 0 saturated carbocycles. The van der Waals surface area contributed by atoms with Crippen molar-refractivity contribution in [1.29, 1.82) is 0 Å². The van der Waals surface area contributed by atoms with E-state index in [1.165, 1.54) is 23.6 Å². The van der Waals surface area contributed by atoms with Crippen LogP contribution in [0.3, 0.4) is 0 Å². The lowest BCUT2D eigenvalue weighted by atomic mass is 10.1. The van der Waals surface area contributed by atoms with E-state index in [1.807, 2.05) is 45.2 Å². The standard InChI is InChI=1S/C13H12ClI3N2O3/c1-5(20)18(3)11-8(15)7(13(14)22)9(16)12(10(11)17)19(4)6(2)21/h1-4H3. The van der Waals surface area contributed by atoms with Crippen molar-refractivity contribution in [3.05, 3.63) is 16.3 Å². The molecule has 1 aromatic carbocycles. The van der Waals surface area contributed by atoms with Crippen LogP contribution in [0.15, 0.2) is 0 Å². The molecule has 2 amide bonds. The van der Waals surface area contributed by atoms with Gasteiger partial charge in [0.2, 0.25) is 11.8 Å². The van der Waals surface area contributed by atoms with E-state index < -0.39 is 5.24 Å². The Morgan fingerprint density at radius 1 is 0.818 bits per heavy atom. The molecular weight excluding hydrogens is 648 g/mol. The average Bonchev–Trinajstić information content (AvgIpc) is 2.37. The minimum absolute atomic E-state index is 0.179. The molecule has 0 saturated heterocycles. The average molecular weight is 660 g/mol. The number of anilines is 2. The molecule has 0 aromatic heterocycles. The van der Waals surface area contributed by atoms with E-state index in [-0.39, 0.29) is 11.8 Å². The Morgan fingerprint density at radius 2 is 1.14 bits per heavy atom. The van der Waals surface area contributed by atoms with Crippen LogP contribution in [-0.2, 0) is 9.59 Å². The van der Waals surface area contributed by atoms with Gasteiger partial charge in [0.25, 0.3) is 5.24 Å². The van der Waals surface area contributed by atoms with Crippen molar-refractivity contribution in [3.8, 4) is 0 Å². The summed E-state index contributed by atoms with van der Waals surface area (Å²) in [6.07, 6.45) is 0. The maximum Gasteiger partial charge on any atom is 0.254 e. The molecule has 1 aromatic rings. The highest BCUT2D eigenvalue weighted by Gasteiger charge is 2.28. The molecule has 0 fully saturated rings. The van der Waals surface area contributed by atoms with Crippen LogP contribution >= 0.6 is 79.4 Å². The van der Waals surface area contributed by atoms with Crippen LogP contribution in [0, 0.1) is 10.7 Å². The molecule has 9 heteroatoms. The van der Waals surface area contributed by atoms with Gasteiger partial charge in [0, 0.05) is 27.9 Å². The van der Waals surface area contributed by atoms with Gasteiger partial charge in [0.05, 0.1) is 27.6 Å². The van der Waals surface area contributed by atoms with Crippen molar-refractivity contribution in [1.82, 2.24) is 0 Å². The maximum absolute atomic E-state index is 11.8. The Bertz CT molecular complexity index is 632. The second-order valence-corrected chi connectivity index (χ2v) is 8.02. The van der Waals surface area contributed by atoms with E-state index in [1.54, 1.807) is 14.1 Å². The molecule has 0 bridgehead atoms. The van der Waals surface area contributed by atoms with Crippen LogP contribution in [0.25, 0.3) is 0 Å². The van der Waals surface area contributed by atoms with Gasteiger partial charge in [0.15, 0.2) is 0 Å². The molecule has 0 aliphatic heterocycles. The van der Waals surface area contributed by atoms with Gasteiger partial charge in [-0.05, 0) is 79.4 Å². The molecule has 0 unspecified atom stereocenters. The molecule has 0 aliphatic rings. The third-order valence-electron chi connectivity index (χ3n) is 3.08. The summed E-state index contributed by atoms with van der Waals surface area (Å²) >= 11 is 11.8. The van der Waals surface area contributed by atoms with Crippen molar-refractivity contribution >= 4 is 108 Å². The zero-order valence-electron chi connectivity index (χ0n) is 12.1. The van der Waals surface area contributed by atoms with Crippen LogP contribution in [0.2, 0.25) is 0 Å². The van der Waals surface area contributed by atoms with Gasteiger partial charge in [-0.1, -0.05) is 0 Å². The Hall–Kier alpha value is 0.310. The molecule has 0 heterocycles. The minimum atomic E-state index is -0.624. The summed E-state index contributed by atoms with van der Waals surface area (Å²) in [5.74, 6) is -0.358. The summed E-state index contributed by atoms with van der Waals surface area (Å²) in [4.78, 5) is 38.2. The molecule has 0 atom stereocenters. The van der Waals surface area contributed by atoms with Crippen molar-refractivity contribution in [2.75, 3.05) is 23.9 Å². The highest BCUT2D eigenvalue weighted by Crippen LogP contribution is 2.42. The Kier molecular flexibility index (Phi) is 7.33. The molecule has 22 heavy (non-hydrogen) atoms. The zero-order valence-corrected chi connectivity index (χ0v) is 19.4. The van der Waals surface area contributed by atoms with E-state index in [9.17, 15) is 14.4 Å². The number of carbonyl (C=O) groups is 3. The zero-order chi connectivity index (χ0) is 17.4. The number of halogens is 4. The first-order valence-corrected chi connectivity index (χ1v) is 9.52. The summed E-state index contributed by atoms with van der Waals surface area (Å²) in [7, 11) is 3.24. The Morgan fingerprint density at radius 3 is 1.36 bits per heavy atom. The van der Waals surface area contributed by atoms with Gasteiger partial charge in [-0.25, -0.2) is 0 Å². The fraction of sp³-hybridized carbons (Fsp3) is 0.308. The SMILES string of the molecule is CC(=O)N(C)c1c(I)c(C(=O)Cl)c(I)c(N(C)C(C)=O)c1I. The molecular formula is C13H12ClI3N2O3. The Labute approximate surface area is 174 Å². The number of hydrogen-bond donors (Lipinski definition) is 0. The molecule has 0 radical (unpaired) electrons. The largest absolute Gasteiger partial charge is 0.314 e. The maximum atomic E-state index is 11.8. The predicted octanol–water partition coefficient (Wildman–Crippen LogP) is 3.84. The van der Waals surface area contributed by atoms with E-state index >= 15 is 0 Å². The van der Waals surface area contributed by atoms with E-state index in [0.717, 1.165) is 0 Å². The van der Waals surface area contributed by atoms with Crippen molar-refractivity contribution in [2.45, 2.75) is 13.8 Å². The number of hydrogen-bond acceptors (Lipinski definition) is 3.